The SMILES string of the molecule is Nc1ncnc2c1ncn2[C@@H]1O[C@H](C2OC(=O)CCC2=O)[C@]2(O)C(=O)CCC(=O)[C@]12O. The van der Waals surface area contributed by atoms with E-state index in [1.165, 1.54) is 0 Å². The lowest BCUT2D eigenvalue weighted by atomic mass is 9.66. The zero-order chi connectivity index (χ0) is 22.1. The van der Waals surface area contributed by atoms with Gasteiger partial charge >= 0.3 is 5.97 Å². The smallest absolute Gasteiger partial charge is 0.307 e. The summed E-state index contributed by atoms with van der Waals surface area (Å²) in [5, 5.41) is 22.9. The summed E-state index contributed by atoms with van der Waals surface area (Å²) < 4.78 is 12.0. The number of nitrogen functional groups attached to an aromatic ring is 1. The molecule has 3 fully saturated rings. The lowest BCUT2D eigenvalue weighted by molar-refractivity contribution is -0.196. The molecule has 0 aromatic carbocycles. The standard InChI is InChI=1S/C18H17N5O8/c19-14-11-15(21-5-20-14)23(6-22-11)16-18(29)9(26)3-2-8(25)17(18,28)13(31-16)12-7(24)1-4-10(27)30-12/h5-6,12-13,16,28-29H,1-4H2,(H2,19,20,21)/t12?,13-,16-,17-,18+/m1/s1. The molecule has 1 unspecified atom stereocenters. The summed E-state index contributed by atoms with van der Waals surface area (Å²) in [6.07, 6.45) is -4.00. The van der Waals surface area contributed by atoms with Crippen LogP contribution in [-0.4, -0.2) is 76.5 Å². The number of nitrogens with zero attached hydrogens (tertiary/aromatic N) is 4. The van der Waals surface area contributed by atoms with Crippen molar-refractivity contribution in [3.8, 4) is 0 Å². The molecule has 0 radical (unpaired) electrons. The van der Waals surface area contributed by atoms with E-state index in [1.807, 2.05) is 0 Å². The number of fused-ring (bicyclic) bond motifs is 2. The minimum atomic E-state index is -2.83. The number of carbonyl (C=O) groups is 4. The number of nitrogens with two attached hydrogens (primary N) is 1. The average molecular weight is 431 g/mol. The molecule has 4 N–H and O–H groups in total. The molecule has 13 heteroatoms. The number of aliphatic hydroxyl groups is 2. The van der Waals surface area contributed by atoms with E-state index in [0.29, 0.717) is 0 Å². The van der Waals surface area contributed by atoms with Gasteiger partial charge in [0.2, 0.25) is 5.60 Å². The van der Waals surface area contributed by atoms with Crippen LogP contribution in [0.15, 0.2) is 12.7 Å². The molecule has 5 rings (SSSR count). The van der Waals surface area contributed by atoms with Gasteiger partial charge in [-0.15, -0.1) is 0 Å². The van der Waals surface area contributed by atoms with Gasteiger partial charge in [0.1, 0.15) is 17.9 Å². The number of hydrogen-bond donors (Lipinski definition) is 3. The van der Waals surface area contributed by atoms with Crippen LogP contribution in [0.2, 0.25) is 0 Å². The topological polar surface area (TPSA) is 197 Å². The number of esters is 1. The third-order valence-corrected chi connectivity index (χ3v) is 6.12. The second-order valence-corrected chi connectivity index (χ2v) is 7.75. The van der Waals surface area contributed by atoms with Gasteiger partial charge in [-0.2, -0.15) is 0 Å². The van der Waals surface area contributed by atoms with Crippen LogP contribution in [0.4, 0.5) is 5.82 Å². The van der Waals surface area contributed by atoms with E-state index in [1.54, 1.807) is 0 Å². The van der Waals surface area contributed by atoms with Crippen LogP contribution in [0.5, 0.6) is 0 Å². The third-order valence-electron chi connectivity index (χ3n) is 6.12. The van der Waals surface area contributed by atoms with Crippen LogP contribution in [0.25, 0.3) is 11.2 Å². The van der Waals surface area contributed by atoms with Crippen LogP contribution >= 0.6 is 0 Å². The highest BCUT2D eigenvalue weighted by atomic mass is 16.6. The number of Topliss-reactive ketones (excluding diaryl/α,β-unsaturated/α-hetero) is 3. The summed E-state index contributed by atoms with van der Waals surface area (Å²) in [5.41, 5.74) is 0.360. The van der Waals surface area contributed by atoms with Crippen molar-refractivity contribution in [2.75, 3.05) is 5.73 Å². The van der Waals surface area contributed by atoms with E-state index in [4.69, 9.17) is 15.2 Å². The Kier molecular flexibility index (Phi) is 4.03. The van der Waals surface area contributed by atoms with Crippen molar-refractivity contribution >= 4 is 40.3 Å². The summed E-state index contributed by atoms with van der Waals surface area (Å²) >= 11 is 0. The Bertz CT molecular complexity index is 1160. The monoisotopic (exact) mass is 431 g/mol. The maximum Gasteiger partial charge on any atom is 0.307 e. The van der Waals surface area contributed by atoms with Crippen molar-refractivity contribution in [1.82, 2.24) is 19.5 Å². The molecule has 2 aromatic heterocycles. The van der Waals surface area contributed by atoms with Crippen molar-refractivity contribution in [2.45, 2.75) is 55.3 Å². The van der Waals surface area contributed by atoms with Gasteiger partial charge in [-0.1, -0.05) is 0 Å². The fourth-order valence-corrected chi connectivity index (χ4v) is 4.53. The number of ether oxygens (including phenoxy) is 2. The summed E-state index contributed by atoms with van der Waals surface area (Å²) in [6.45, 7) is 0. The fraction of sp³-hybridized carbons (Fsp3) is 0.500. The molecular formula is C18H17N5O8. The third kappa shape index (κ3) is 2.38. The first-order valence-electron chi connectivity index (χ1n) is 9.51. The molecule has 0 spiro atoms. The molecule has 4 heterocycles. The van der Waals surface area contributed by atoms with Crippen LogP contribution in [-0.2, 0) is 28.7 Å². The molecule has 31 heavy (non-hydrogen) atoms. The lowest BCUT2D eigenvalue weighted by Crippen LogP contribution is -2.71. The zero-order valence-corrected chi connectivity index (χ0v) is 15.9. The molecule has 2 aromatic rings. The van der Waals surface area contributed by atoms with Gasteiger partial charge in [0.05, 0.1) is 12.7 Å². The largest absolute Gasteiger partial charge is 0.451 e. The predicted molar refractivity (Wildman–Crippen MR) is 96.9 cm³/mol. The van der Waals surface area contributed by atoms with Gasteiger partial charge in [-0.05, 0) is 0 Å². The van der Waals surface area contributed by atoms with Crippen molar-refractivity contribution in [3.05, 3.63) is 12.7 Å². The van der Waals surface area contributed by atoms with Crippen molar-refractivity contribution in [2.24, 2.45) is 0 Å². The molecule has 3 aliphatic rings. The number of ketones is 3. The summed E-state index contributed by atoms with van der Waals surface area (Å²) in [4.78, 5) is 62.0. The fourth-order valence-electron chi connectivity index (χ4n) is 4.53. The summed E-state index contributed by atoms with van der Waals surface area (Å²) in [7, 11) is 0. The molecule has 0 amide bonds. The van der Waals surface area contributed by atoms with E-state index >= 15 is 0 Å². The first-order valence-corrected chi connectivity index (χ1v) is 9.51. The molecule has 13 nitrogen and oxygen atoms in total. The van der Waals surface area contributed by atoms with Crippen LogP contribution in [0, 0.1) is 0 Å². The number of anilines is 1. The van der Waals surface area contributed by atoms with Crippen LogP contribution in [0.1, 0.15) is 31.9 Å². The lowest BCUT2D eigenvalue weighted by Gasteiger charge is -2.42. The molecule has 162 valence electrons. The minimum Gasteiger partial charge on any atom is -0.451 e. The number of rotatable bonds is 2. The first-order chi connectivity index (χ1) is 14.7. The number of hydrogen-bond acceptors (Lipinski definition) is 12. The predicted octanol–water partition coefficient (Wildman–Crippen LogP) is -2.03. The number of imidazole rings is 1. The highest BCUT2D eigenvalue weighted by Crippen LogP contribution is 2.52. The Morgan fingerprint density at radius 1 is 1.00 bits per heavy atom. The second-order valence-electron chi connectivity index (χ2n) is 7.75. The molecule has 2 aliphatic heterocycles. The maximum absolute atomic E-state index is 12.9. The van der Waals surface area contributed by atoms with E-state index < -0.39 is 53.0 Å². The molecule has 1 saturated carbocycles. The van der Waals surface area contributed by atoms with E-state index in [9.17, 15) is 29.4 Å². The second kappa shape index (κ2) is 6.35. The van der Waals surface area contributed by atoms with Crippen molar-refractivity contribution < 1.29 is 38.9 Å². The van der Waals surface area contributed by atoms with Crippen LogP contribution < -0.4 is 5.73 Å². The first kappa shape index (κ1) is 19.7. The molecule has 5 atom stereocenters. The normalized spacial score (nSPS) is 36.0. The Hall–Kier alpha value is -3.29. The Labute approximate surface area is 173 Å². The van der Waals surface area contributed by atoms with E-state index in [2.05, 4.69) is 15.0 Å². The summed E-state index contributed by atoms with van der Waals surface area (Å²) in [6, 6.07) is 0. The highest BCUT2D eigenvalue weighted by molar-refractivity contribution is 6.07. The zero-order valence-electron chi connectivity index (χ0n) is 15.9. The van der Waals surface area contributed by atoms with Crippen molar-refractivity contribution in [1.29, 1.82) is 0 Å². The number of aromatic nitrogens is 4. The van der Waals surface area contributed by atoms with Gasteiger partial charge in [-0.3, -0.25) is 23.7 Å². The number of carbonyl (C=O) groups excluding carboxylic acids is 4. The molecular weight excluding hydrogens is 414 g/mol. The van der Waals surface area contributed by atoms with Gasteiger partial charge in [0.25, 0.3) is 0 Å². The van der Waals surface area contributed by atoms with Gasteiger partial charge < -0.3 is 25.4 Å². The minimum absolute atomic E-state index is 0.0167. The summed E-state index contributed by atoms with van der Waals surface area (Å²) in [5.74, 6) is -3.10. The Morgan fingerprint density at radius 3 is 2.45 bits per heavy atom. The molecule has 2 saturated heterocycles. The molecule has 0 bridgehead atoms. The van der Waals surface area contributed by atoms with Crippen molar-refractivity contribution in [3.63, 3.8) is 0 Å². The number of cyclic esters (lactones) is 1. The Morgan fingerprint density at radius 2 is 1.71 bits per heavy atom. The maximum atomic E-state index is 12.9. The van der Waals surface area contributed by atoms with Gasteiger partial charge in [-0.25, -0.2) is 15.0 Å². The molecule has 1 aliphatic carbocycles. The quantitative estimate of drug-likeness (QED) is 0.442. The van der Waals surface area contributed by atoms with Gasteiger partial charge in [0.15, 0.2) is 46.7 Å². The van der Waals surface area contributed by atoms with E-state index in [0.717, 1.165) is 17.2 Å². The van der Waals surface area contributed by atoms with Gasteiger partial charge in [0, 0.05) is 19.3 Å². The van der Waals surface area contributed by atoms with Crippen LogP contribution in [0.3, 0.4) is 0 Å². The Balaban J connectivity index is 1.70. The van der Waals surface area contributed by atoms with E-state index in [-0.39, 0.29) is 42.7 Å². The average Bonchev–Trinajstić information content (AvgIpc) is 3.27. The highest BCUT2D eigenvalue weighted by Gasteiger charge is 2.77.